The fourth-order valence-electron chi connectivity index (χ4n) is 1.98. The molecule has 1 aromatic rings. The maximum atomic E-state index is 11.7. The zero-order valence-electron chi connectivity index (χ0n) is 9.57. The van der Waals surface area contributed by atoms with Crippen molar-refractivity contribution in [2.24, 2.45) is 5.92 Å². The molecule has 6 nitrogen and oxygen atoms in total. The number of aromatic hydroxyl groups is 1. The molecule has 1 aliphatic heterocycles. The van der Waals surface area contributed by atoms with E-state index >= 15 is 0 Å². The van der Waals surface area contributed by atoms with E-state index in [0.717, 1.165) is 6.07 Å². The van der Waals surface area contributed by atoms with E-state index in [4.69, 9.17) is 0 Å². The van der Waals surface area contributed by atoms with E-state index in [9.17, 15) is 20.0 Å². The SMILES string of the molecule is C=CC1CC(=O)N(c2ccc([N+](=O)[O-])cc2O)C1. The lowest BCUT2D eigenvalue weighted by Crippen LogP contribution is -2.24. The van der Waals surface area contributed by atoms with Crippen molar-refractivity contribution in [1.82, 2.24) is 0 Å². The lowest BCUT2D eigenvalue weighted by Gasteiger charge is -2.17. The van der Waals surface area contributed by atoms with Crippen LogP contribution >= 0.6 is 0 Å². The Morgan fingerprint density at radius 1 is 1.56 bits per heavy atom. The topological polar surface area (TPSA) is 83.7 Å². The molecule has 1 N–H and O–H groups in total. The van der Waals surface area contributed by atoms with Gasteiger partial charge in [-0.05, 0) is 6.07 Å². The summed E-state index contributed by atoms with van der Waals surface area (Å²) in [6.07, 6.45) is 2.04. The first-order valence-electron chi connectivity index (χ1n) is 5.43. The maximum absolute atomic E-state index is 11.7. The number of nitro groups is 1. The Balaban J connectivity index is 2.32. The molecule has 1 saturated heterocycles. The van der Waals surface area contributed by atoms with Crippen LogP contribution in [0.3, 0.4) is 0 Å². The number of hydrogen-bond acceptors (Lipinski definition) is 4. The van der Waals surface area contributed by atoms with E-state index in [1.54, 1.807) is 6.08 Å². The molecule has 2 rings (SSSR count). The summed E-state index contributed by atoms with van der Waals surface area (Å²) in [7, 11) is 0. The summed E-state index contributed by atoms with van der Waals surface area (Å²) in [6.45, 7) is 4.07. The van der Waals surface area contributed by atoms with Gasteiger partial charge in [-0.15, -0.1) is 6.58 Å². The number of non-ortho nitro benzene ring substituents is 1. The predicted octanol–water partition coefficient (Wildman–Crippen LogP) is 1.84. The molecule has 0 saturated carbocycles. The van der Waals surface area contributed by atoms with Gasteiger partial charge in [-0.3, -0.25) is 14.9 Å². The normalized spacial score (nSPS) is 19.0. The van der Waals surface area contributed by atoms with Gasteiger partial charge in [0.1, 0.15) is 5.75 Å². The largest absolute Gasteiger partial charge is 0.505 e. The number of anilines is 1. The van der Waals surface area contributed by atoms with Crippen molar-refractivity contribution in [1.29, 1.82) is 0 Å². The molecule has 0 aliphatic carbocycles. The molecule has 6 heteroatoms. The Labute approximate surface area is 103 Å². The third-order valence-corrected chi connectivity index (χ3v) is 2.95. The number of carbonyl (C=O) groups is 1. The Morgan fingerprint density at radius 3 is 2.78 bits per heavy atom. The van der Waals surface area contributed by atoms with Crippen LogP contribution in [-0.4, -0.2) is 22.5 Å². The smallest absolute Gasteiger partial charge is 0.273 e. The number of nitro benzene ring substituents is 1. The van der Waals surface area contributed by atoms with Gasteiger partial charge in [0.15, 0.2) is 0 Å². The molecule has 0 aromatic heterocycles. The van der Waals surface area contributed by atoms with Gasteiger partial charge in [0.25, 0.3) is 5.69 Å². The van der Waals surface area contributed by atoms with Crippen molar-refractivity contribution in [3.63, 3.8) is 0 Å². The molecule has 1 fully saturated rings. The van der Waals surface area contributed by atoms with Gasteiger partial charge < -0.3 is 10.0 Å². The monoisotopic (exact) mass is 248 g/mol. The lowest BCUT2D eigenvalue weighted by molar-refractivity contribution is -0.384. The number of phenols is 1. The number of carbonyl (C=O) groups excluding carboxylic acids is 1. The van der Waals surface area contributed by atoms with Crippen molar-refractivity contribution in [3.8, 4) is 5.75 Å². The lowest BCUT2D eigenvalue weighted by atomic mass is 10.1. The summed E-state index contributed by atoms with van der Waals surface area (Å²) >= 11 is 0. The average Bonchev–Trinajstić information content (AvgIpc) is 2.70. The van der Waals surface area contributed by atoms with Crippen LogP contribution < -0.4 is 4.90 Å². The number of phenolic OH excluding ortho intramolecular Hbond substituents is 1. The van der Waals surface area contributed by atoms with Gasteiger partial charge in [0.2, 0.25) is 5.91 Å². The predicted molar refractivity (Wildman–Crippen MR) is 65.4 cm³/mol. The van der Waals surface area contributed by atoms with Gasteiger partial charge in [0.05, 0.1) is 16.7 Å². The molecule has 0 bridgehead atoms. The van der Waals surface area contributed by atoms with Crippen LogP contribution in [0, 0.1) is 16.0 Å². The summed E-state index contributed by atoms with van der Waals surface area (Å²) in [4.78, 5) is 23.1. The minimum atomic E-state index is -0.595. The summed E-state index contributed by atoms with van der Waals surface area (Å²) in [5.41, 5.74) is 0.0955. The molecule has 1 atom stereocenters. The number of hydrogen-bond donors (Lipinski definition) is 1. The Bertz CT molecular complexity index is 527. The minimum Gasteiger partial charge on any atom is -0.505 e. The molecule has 1 aromatic carbocycles. The van der Waals surface area contributed by atoms with Gasteiger partial charge in [0, 0.05) is 24.9 Å². The van der Waals surface area contributed by atoms with Crippen molar-refractivity contribution in [3.05, 3.63) is 41.0 Å². The van der Waals surface area contributed by atoms with Crippen molar-refractivity contribution in [2.45, 2.75) is 6.42 Å². The number of rotatable bonds is 3. The maximum Gasteiger partial charge on any atom is 0.273 e. The summed E-state index contributed by atoms with van der Waals surface area (Å²) in [5, 5.41) is 20.3. The van der Waals surface area contributed by atoms with Crippen molar-refractivity contribution in [2.75, 3.05) is 11.4 Å². The van der Waals surface area contributed by atoms with Crippen molar-refractivity contribution < 1.29 is 14.8 Å². The highest BCUT2D eigenvalue weighted by molar-refractivity contribution is 5.97. The van der Waals surface area contributed by atoms with E-state index in [1.165, 1.54) is 17.0 Å². The van der Waals surface area contributed by atoms with Gasteiger partial charge in [-0.1, -0.05) is 6.08 Å². The van der Waals surface area contributed by atoms with Gasteiger partial charge in [-0.25, -0.2) is 0 Å². The minimum absolute atomic E-state index is 0.0482. The molecule has 1 amide bonds. The average molecular weight is 248 g/mol. The van der Waals surface area contributed by atoms with Crippen molar-refractivity contribution >= 4 is 17.3 Å². The first kappa shape index (κ1) is 12.1. The number of amides is 1. The molecular weight excluding hydrogens is 236 g/mol. The van der Waals surface area contributed by atoms with Gasteiger partial charge >= 0.3 is 0 Å². The van der Waals surface area contributed by atoms with Crippen LogP contribution in [0.25, 0.3) is 0 Å². The molecule has 18 heavy (non-hydrogen) atoms. The second kappa shape index (κ2) is 4.48. The molecule has 0 radical (unpaired) electrons. The number of nitrogens with zero attached hydrogens (tertiary/aromatic N) is 2. The van der Waals surface area contributed by atoms with E-state index in [1.807, 2.05) is 0 Å². The Hall–Kier alpha value is -2.37. The van der Waals surface area contributed by atoms with Crippen LogP contribution in [0.15, 0.2) is 30.9 Å². The molecule has 1 heterocycles. The van der Waals surface area contributed by atoms with E-state index in [2.05, 4.69) is 6.58 Å². The summed E-state index contributed by atoms with van der Waals surface area (Å²) in [6, 6.07) is 3.70. The molecule has 0 spiro atoms. The third kappa shape index (κ3) is 2.04. The first-order valence-corrected chi connectivity index (χ1v) is 5.43. The van der Waals surface area contributed by atoms with E-state index < -0.39 is 4.92 Å². The Kier molecular flexibility index (Phi) is 3.01. The highest BCUT2D eigenvalue weighted by atomic mass is 16.6. The fraction of sp³-hybridized carbons (Fsp3) is 0.250. The van der Waals surface area contributed by atoms with Crippen LogP contribution in [-0.2, 0) is 4.79 Å². The summed E-state index contributed by atoms with van der Waals surface area (Å²) in [5.74, 6) is -0.335. The van der Waals surface area contributed by atoms with Crippen LogP contribution in [0.4, 0.5) is 11.4 Å². The quantitative estimate of drug-likeness (QED) is 0.502. The second-order valence-electron chi connectivity index (χ2n) is 4.13. The zero-order valence-corrected chi connectivity index (χ0v) is 9.57. The Morgan fingerprint density at radius 2 is 2.28 bits per heavy atom. The molecular formula is C12H12N2O4. The van der Waals surface area contributed by atoms with E-state index in [-0.39, 0.29) is 23.3 Å². The standard InChI is InChI=1S/C12H12N2O4/c1-2-8-5-12(16)13(7-8)10-4-3-9(14(17)18)6-11(10)15/h2-4,6,8,15H,1,5,7H2. The molecule has 1 unspecified atom stereocenters. The number of benzene rings is 1. The van der Waals surface area contributed by atoms with Crippen LogP contribution in [0.2, 0.25) is 0 Å². The fourth-order valence-corrected chi connectivity index (χ4v) is 1.98. The summed E-state index contributed by atoms with van der Waals surface area (Å²) < 4.78 is 0. The zero-order chi connectivity index (χ0) is 13.3. The van der Waals surface area contributed by atoms with Crippen LogP contribution in [0.1, 0.15) is 6.42 Å². The highest BCUT2D eigenvalue weighted by Gasteiger charge is 2.30. The first-order chi connectivity index (χ1) is 8.52. The van der Waals surface area contributed by atoms with E-state index in [0.29, 0.717) is 18.7 Å². The highest BCUT2D eigenvalue weighted by Crippen LogP contribution is 2.34. The van der Waals surface area contributed by atoms with Gasteiger partial charge in [-0.2, -0.15) is 0 Å². The van der Waals surface area contributed by atoms with Crippen LogP contribution in [0.5, 0.6) is 5.75 Å². The second-order valence-corrected chi connectivity index (χ2v) is 4.13. The molecule has 94 valence electrons. The third-order valence-electron chi connectivity index (χ3n) is 2.95. The molecule has 1 aliphatic rings.